The van der Waals surface area contributed by atoms with Crippen LogP contribution in [-0.4, -0.2) is 49.5 Å². The first-order valence-electron chi connectivity index (χ1n) is 10.7. The van der Waals surface area contributed by atoms with Gasteiger partial charge in [-0.05, 0) is 72.6 Å². The molecule has 1 aliphatic carbocycles. The second-order valence-corrected chi connectivity index (χ2v) is 10.5. The maximum Gasteiger partial charge on any atom is 0.209 e. The normalized spacial score (nSPS) is 23.6. The van der Waals surface area contributed by atoms with Gasteiger partial charge in [0.15, 0.2) is 0 Å². The fourth-order valence-electron chi connectivity index (χ4n) is 4.73. The summed E-state index contributed by atoms with van der Waals surface area (Å²) in [6, 6.07) is 9.91. The minimum atomic E-state index is -3.43. The van der Waals surface area contributed by atoms with E-state index in [9.17, 15) is 22.3 Å². The van der Waals surface area contributed by atoms with Crippen LogP contribution in [0.2, 0.25) is 0 Å². The number of halogens is 2. The van der Waals surface area contributed by atoms with E-state index in [4.69, 9.17) is 0 Å². The quantitative estimate of drug-likeness (QED) is 0.679. The summed E-state index contributed by atoms with van der Waals surface area (Å²) in [6.45, 7) is 0.571. The third-order valence-corrected chi connectivity index (χ3v) is 7.16. The highest BCUT2D eigenvalue weighted by atomic mass is 32.2. The van der Waals surface area contributed by atoms with Gasteiger partial charge in [0, 0.05) is 18.6 Å². The number of hydrogen-bond donors (Lipinski definition) is 2. The maximum atomic E-state index is 14.4. The summed E-state index contributed by atoms with van der Waals surface area (Å²) in [4.78, 5) is 1.96. The Morgan fingerprint density at radius 2 is 1.84 bits per heavy atom. The zero-order valence-electron chi connectivity index (χ0n) is 17.5. The van der Waals surface area contributed by atoms with E-state index in [2.05, 4.69) is 4.72 Å². The van der Waals surface area contributed by atoms with E-state index in [0.29, 0.717) is 36.1 Å². The lowest BCUT2D eigenvalue weighted by Crippen LogP contribution is -2.51. The standard InChI is InChI=1S/C23H28F2N2O3S/c1-31(29,30)26-21-8-9-27(23(28)16-4-2-5-16)22(21)12-15-10-18(14-20(25)11-15)17-6-3-7-19(24)13-17/h3,6-7,10-11,13-14,16,21-23,26,28H,2,4-5,8-9,12H2,1H3. The first kappa shape index (κ1) is 22.3. The van der Waals surface area contributed by atoms with Gasteiger partial charge in [-0.2, -0.15) is 0 Å². The first-order chi connectivity index (χ1) is 14.7. The lowest BCUT2D eigenvalue weighted by molar-refractivity contribution is -0.0717. The Morgan fingerprint density at radius 1 is 1.10 bits per heavy atom. The smallest absolute Gasteiger partial charge is 0.209 e. The number of rotatable bonds is 7. The van der Waals surface area contributed by atoms with Crippen LogP contribution in [0.3, 0.4) is 0 Å². The summed E-state index contributed by atoms with van der Waals surface area (Å²) < 4.78 is 54.6. The summed E-state index contributed by atoms with van der Waals surface area (Å²) in [5, 5.41) is 10.9. The second kappa shape index (κ2) is 8.94. The number of aliphatic hydroxyl groups excluding tert-OH is 1. The highest BCUT2D eigenvalue weighted by Crippen LogP contribution is 2.35. The number of likely N-dealkylation sites (tertiary alicyclic amines) is 1. The van der Waals surface area contributed by atoms with E-state index in [1.807, 2.05) is 11.0 Å². The van der Waals surface area contributed by atoms with Crippen LogP contribution in [0.4, 0.5) is 8.78 Å². The van der Waals surface area contributed by atoms with Crippen LogP contribution in [0.1, 0.15) is 31.2 Å². The van der Waals surface area contributed by atoms with E-state index < -0.39 is 27.9 Å². The predicted octanol–water partition coefficient (Wildman–Crippen LogP) is 3.28. The fourth-order valence-corrected chi connectivity index (χ4v) is 5.56. The molecule has 1 saturated carbocycles. The Morgan fingerprint density at radius 3 is 2.48 bits per heavy atom. The van der Waals surface area contributed by atoms with Crippen molar-refractivity contribution in [2.45, 2.75) is 50.4 Å². The monoisotopic (exact) mass is 450 g/mol. The van der Waals surface area contributed by atoms with E-state index in [0.717, 1.165) is 25.5 Å². The van der Waals surface area contributed by atoms with E-state index in [1.165, 1.54) is 24.3 Å². The molecule has 1 saturated heterocycles. The highest BCUT2D eigenvalue weighted by Gasteiger charge is 2.42. The lowest BCUT2D eigenvalue weighted by atomic mass is 9.83. The van der Waals surface area contributed by atoms with Crippen LogP contribution in [0, 0.1) is 17.6 Å². The highest BCUT2D eigenvalue weighted by molar-refractivity contribution is 7.88. The zero-order chi connectivity index (χ0) is 22.2. The van der Waals surface area contributed by atoms with Crippen molar-refractivity contribution in [2.75, 3.05) is 12.8 Å². The molecule has 8 heteroatoms. The molecule has 0 amide bonds. The van der Waals surface area contributed by atoms with Gasteiger partial charge in [-0.15, -0.1) is 0 Å². The molecular formula is C23H28F2N2O3S. The minimum absolute atomic E-state index is 0.190. The number of benzene rings is 2. The van der Waals surface area contributed by atoms with Crippen LogP contribution < -0.4 is 4.72 Å². The van der Waals surface area contributed by atoms with Crippen molar-refractivity contribution in [2.24, 2.45) is 5.92 Å². The summed E-state index contributed by atoms with van der Waals surface area (Å²) in [6.07, 6.45) is 4.44. The molecule has 1 aliphatic heterocycles. The molecule has 1 heterocycles. The average molecular weight is 451 g/mol. The van der Waals surface area contributed by atoms with Crippen LogP contribution >= 0.6 is 0 Å². The van der Waals surface area contributed by atoms with Crippen LogP contribution in [0.15, 0.2) is 42.5 Å². The van der Waals surface area contributed by atoms with Crippen LogP contribution in [0.5, 0.6) is 0 Å². The Bertz CT molecular complexity index is 1040. The fraction of sp³-hybridized carbons (Fsp3) is 0.478. The van der Waals surface area contributed by atoms with Gasteiger partial charge in [-0.3, -0.25) is 4.90 Å². The van der Waals surface area contributed by atoms with Gasteiger partial charge in [0.2, 0.25) is 10.0 Å². The molecule has 2 N–H and O–H groups in total. The third-order valence-electron chi connectivity index (χ3n) is 6.43. The molecule has 3 atom stereocenters. The molecule has 2 aromatic rings. The molecule has 2 fully saturated rings. The van der Waals surface area contributed by atoms with Gasteiger partial charge in [-0.1, -0.05) is 24.6 Å². The molecule has 2 aliphatic rings. The molecule has 2 aromatic carbocycles. The van der Waals surface area contributed by atoms with Crippen LogP contribution in [-0.2, 0) is 16.4 Å². The van der Waals surface area contributed by atoms with Gasteiger partial charge < -0.3 is 5.11 Å². The number of nitrogens with zero attached hydrogens (tertiary/aromatic N) is 1. The average Bonchev–Trinajstić information content (AvgIpc) is 3.00. The molecule has 0 radical (unpaired) electrons. The minimum Gasteiger partial charge on any atom is -0.378 e. The largest absolute Gasteiger partial charge is 0.378 e. The molecule has 4 rings (SSSR count). The SMILES string of the molecule is CS(=O)(=O)NC1CCN(C(O)C2CCC2)C1Cc1cc(F)cc(-c2cccc(F)c2)c1. The number of nitrogens with one attached hydrogen (secondary N) is 1. The van der Waals surface area contributed by atoms with Gasteiger partial charge in [0.1, 0.15) is 17.9 Å². The van der Waals surface area contributed by atoms with E-state index in [-0.39, 0.29) is 18.0 Å². The summed E-state index contributed by atoms with van der Waals surface area (Å²) in [7, 11) is -3.43. The topological polar surface area (TPSA) is 69.6 Å². The Balaban J connectivity index is 1.63. The molecule has 0 aromatic heterocycles. The Kier molecular flexibility index (Phi) is 6.44. The molecule has 168 valence electrons. The van der Waals surface area contributed by atoms with Crippen molar-refractivity contribution in [3.05, 3.63) is 59.7 Å². The molecule has 0 spiro atoms. The van der Waals surface area contributed by atoms with Crippen molar-refractivity contribution >= 4 is 10.0 Å². The Labute approximate surface area is 182 Å². The number of sulfonamides is 1. The molecular weight excluding hydrogens is 422 g/mol. The lowest BCUT2D eigenvalue weighted by Gasteiger charge is -2.39. The number of aliphatic hydroxyl groups is 1. The van der Waals surface area contributed by atoms with E-state index >= 15 is 0 Å². The van der Waals surface area contributed by atoms with Crippen molar-refractivity contribution in [1.29, 1.82) is 0 Å². The van der Waals surface area contributed by atoms with Crippen molar-refractivity contribution in [1.82, 2.24) is 9.62 Å². The molecule has 31 heavy (non-hydrogen) atoms. The van der Waals surface area contributed by atoms with Gasteiger partial charge in [0.25, 0.3) is 0 Å². The van der Waals surface area contributed by atoms with Crippen molar-refractivity contribution < 1.29 is 22.3 Å². The first-order valence-corrected chi connectivity index (χ1v) is 12.6. The predicted molar refractivity (Wildman–Crippen MR) is 116 cm³/mol. The van der Waals surface area contributed by atoms with Crippen molar-refractivity contribution in [3.8, 4) is 11.1 Å². The van der Waals surface area contributed by atoms with Crippen molar-refractivity contribution in [3.63, 3.8) is 0 Å². The second-order valence-electron chi connectivity index (χ2n) is 8.76. The number of hydrogen-bond acceptors (Lipinski definition) is 4. The van der Waals surface area contributed by atoms with Crippen LogP contribution in [0.25, 0.3) is 11.1 Å². The molecule has 3 unspecified atom stereocenters. The zero-order valence-corrected chi connectivity index (χ0v) is 18.3. The maximum absolute atomic E-state index is 14.4. The van der Waals surface area contributed by atoms with Gasteiger partial charge in [0.05, 0.1) is 6.26 Å². The van der Waals surface area contributed by atoms with Gasteiger partial charge in [-0.25, -0.2) is 21.9 Å². The summed E-state index contributed by atoms with van der Waals surface area (Å²) in [5.74, 6) is -0.644. The third kappa shape index (κ3) is 5.31. The Hall–Kier alpha value is -1.87. The van der Waals surface area contributed by atoms with Gasteiger partial charge >= 0.3 is 0 Å². The summed E-state index contributed by atoms with van der Waals surface area (Å²) in [5.41, 5.74) is 1.81. The molecule has 0 bridgehead atoms. The van der Waals surface area contributed by atoms with E-state index in [1.54, 1.807) is 12.1 Å². The molecule has 5 nitrogen and oxygen atoms in total. The summed E-state index contributed by atoms with van der Waals surface area (Å²) >= 11 is 0.